The van der Waals surface area contributed by atoms with Crippen molar-refractivity contribution in [2.24, 2.45) is 0 Å². The molecule has 0 aliphatic carbocycles. The van der Waals surface area contributed by atoms with Crippen molar-refractivity contribution < 1.29 is 9.53 Å². The first-order valence-electron chi connectivity index (χ1n) is 7.05. The molecule has 2 unspecified atom stereocenters. The fraction of sp³-hybridized carbons (Fsp3) is 0.533. The molecule has 2 bridgehead atoms. The Kier molecular flexibility index (Phi) is 3.42. The molecule has 2 atom stereocenters. The Balaban J connectivity index is 1.78. The van der Waals surface area contributed by atoms with Crippen molar-refractivity contribution in [3.8, 4) is 5.75 Å². The highest BCUT2D eigenvalue weighted by atomic mass is 16.5. The number of rotatable bonds is 3. The summed E-state index contributed by atoms with van der Waals surface area (Å²) in [5.41, 5.74) is 0.735. The SMILES string of the molecule is CCOc1cccc(C(=O)N2CC3CCC2CN3)c1. The molecule has 4 rings (SSSR count). The predicted molar refractivity (Wildman–Crippen MR) is 73.5 cm³/mol. The van der Waals surface area contributed by atoms with E-state index in [4.69, 9.17) is 4.74 Å². The van der Waals surface area contributed by atoms with Gasteiger partial charge in [0.2, 0.25) is 0 Å². The van der Waals surface area contributed by atoms with E-state index in [1.807, 2.05) is 36.1 Å². The first-order valence-corrected chi connectivity index (χ1v) is 7.05. The standard InChI is InChI=1S/C15H20N2O2/c1-2-19-14-5-3-4-11(8-14)15(18)17-10-12-6-7-13(17)9-16-12/h3-5,8,12-13,16H,2,6-7,9-10H2,1H3. The van der Waals surface area contributed by atoms with E-state index >= 15 is 0 Å². The number of carbonyl (C=O) groups is 1. The van der Waals surface area contributed by atoms with Crippen molar-refractivity contribution in [2.75, 3.05) is 19.7 Å². The molecular formula is C15H20N2O2. The minimum atomic E-state index is 0.137. The number of amides is 1. The number of benzene rings is 1. The lowest BCUT2D eigenvalue weighted by atomic mass is 9.92. The Morgan fingerprint density at radius 2 is 2.37 bits per heavy atom. The molecule has 4 heteroatoms. The maximum Gasteiger partial charge on any atom is 0.254 e. The summed E-state index contributed by atoms with van der Waals surface area (Å²) in [6, 6.07) is 8.34. The molecular weight excluding hydrogens is 240 g/mol. The van der Waals surface area contributed by atoms with Crippen LogP contribution in [0, 0.1) is 0 Å². The van der Waals surface area contributed by atoms with Gasteiger partial charge < -0.3 is 15.0 Å². The second-order valence-electron chi connectivity index (χ2n) is 5.25. The summed E-state index contributed by atoms with van der Waals surface area (Å²) in [7, 11) is 0. The summed E-state index contributed by atoms with van der Waals surface area (Å²) in [6.07, 6.45) is 2.31. The molecule has 4 nitrogen and oxygen atoms in total. The quantitative estimate of drug-likeness (QED) is 0.898. The predicted octanol–water partition coefficient (Wildman–Crippen LogP) is 1.66. The highest BCUT2D eigenvalue weighted by Crippen LogP contribution is 2.25. The van der Waals surface area contributed by atoms with Gasteiger partial charge in [-0.1, -0.05) is 6.07 Å². The molecule has 0 radical (unpaired) electrons. The van der Waals surface area contributed by atoms with Gasteiger partial charge in [-0.2, -0.15) is 0 Å². The molecule has 3 heterocycles. The van der Waals surface area contributed by atoms with E-state index in [1.165, 1.54) is 6.42 Å². The van der Waals surface area contributed by atoms with Crippen molar-refractivity contribution in [3.63, 3.8) is 0 Å². The Bertz CT molecular complexity index is 467. The van der Waals surface area contributed by atoms with E-state index < -0.39 is 0 Å². The van der Waals surface area contributed by atoms with E-state index in [0.29, 0.717) is 18.7 Å². The van der Waals surface area contributed by atoms with E-state index in [2.05, 4.69) is 5.32 Å². The average molecular weight is 260 g/mol. The summed E-state index contributed by atoms with van der Waals surface area (Å²) in [5, 5.41) is 3.47. The van der Waals surface area contributed by atoms with Gasteiger partial charge in [0, 0.05) is 30.7 Å². The molecule has 3 fully saturated rings. The van der Waals surface area contributed by atoms with Gasteiger partial charge in [0.25, 0.3) is 5.91 Å². The lowest BCUT2D eigenvalue weighted by Gasteiger charge is -2.46. The van der Waals surface area contributed by atoms with Crippen LogP contribution in [-0.2, 0) is 0 Å². The number of piperidine rings is 2. The third-order valence-electron chi connectivity index (χ3n) is 4.00. The third kappa shape index (κ3) is 2.45. The van der Waals surface area contributed by atoms with Gasteiger partial charge in [0.1, 0.15) is 5.75 Å². The molecule has 0 spiro atoms. The van der Waals surface area contributed by atoms with Crippen LogP contribution in [0.25, 0.3) is 0 Å². The molecule has 3 aliphatic rings. The molecule has 102 valence electrons. The highest BCUT2D eigenvalue weighted by Gasteiger charge is 2.36. The van der Waals surface area contributed by atoms with Gasteiger partial charge in [0.15, 0.2) is 0 Å². The van der Waals surface area contributed by atoms with Crippen LogP contribution in [0.4, 0.5) is 0 Å². The average Bonchev–Trinajstić information content (AvgIpc) is 2.48. The van der Waals surface area contributed by atoms with Crippen LogP contribution >= 0.6 is 0 Å². The maximum atomic E-state index is 12.6. The summed E-state index contributed by atoms with van der Waals surface area (Å²) in [6.45, 7) is 4.34. The van der Waals surface area contributed by atoms with Gasteiger partial charge in [-0.15, -0.1) is 0 Å². The summed E-state index contributed by atoms with van der Waals surface area (Å²) >= 11 is 0. The zero-order valence-electron chi connectivity index (χ0n) is 11.3. The van der Waals surface area contributed by atoms with Crippen molar-refractivity contribution in [1.82, 2.24) is 10.2 Å². The topological polar surface area (TPSA) is 41.6 Å². The molecule has 1 N–H and O–H groups in total. The smallest absolute Gasteiger partial charge is 0.254 e. The number of piperazine rings is 1. The fourth-order valence-corrected chi connectivity index (χ4v) is 3.01. The normalized spacial score (nSPS) is 25.4. The van der Waals surface area contributed by atoms with Crippen LogP contribution in [0.1, 0.15) is 30.1 Å². The zero-order chi connectivity index (χ0) is 13.2. The molecule has 3 aliphatic heterocycles. The highest BCUT2D eigenvalue weighted by molar-refractivity contribution is 5.95. The van der Waals surface area contributed by atoms with Crippen LogP contribution < -0.4 is 10.1 Å². The molecule has 1 amide bonds. The number of fused-ring (bicyclic) bond motifs is 3. The monoisotopic (exact) mass is 260 g/mol. The van der Waals surface area contributed by atoms with Crippen molar-refractivity contribution in [3.05, 3.63) is 29.8 Å². The number of ether oxygens (including phenoxy) is 1. The summed E-state index contributed by atoms with van der Waals surface area (Å²) < 4.78 is 5.46. The molecule has 0 aromatic heterocycles. The lowest BCUT2D eigenvalue weighted by Crippen LogP contribution is -2.62. The maximum absolute atomic E-state index is 12.6. The van der Waals surface area contributed by atoms with E-state index in [-0.39, 0.29) is 5.91 Å². The third-order valence-corrected chi connectivity index (χ3v) is 4.00. The van der Waals surface area contributed by atoms with Gasteiger partial charge >= 0.3 is 0 Å². The Labute approximate surface area is 113 Å². The number of carbonyl (C=O) groups excluding carboxylic acids is 1. The van der Waals surface area contributed by atoms with E-state index in [0.717, 1.165) is 30.8 Å². The summed E-state index contributed by atoms with van der Waals surface area (Å²) in [4.78, 5) is 14.6. The Hall–Kier alpha value is -1.55. The van der Waals surface area contributed by atoms with Gasteiger partial charge in [0.05, 0.1) is 6.61 Å². The Morgan fingerprint density at radius 3 is 3.00 bits per heavy atom. The minimum Gasteiger partial charge on any atom is -0.494 e. The molecule has 1 aromatic rings. The minimum absolute atomic E-state index is 0.137. The second kappa shape index (κ2) is 5.21. The number of nitrogens with zero attached hydrogens (tertiary/aromatic N) is 1. The fourth-order valence-electron chi connectivity index (χ4n) is 3.01. The van der Waals surface area contributed by atoms with Crippen molar-refractivity contribution in [1.29, 1.82) is 0 Å². The van der Waals surface area contributed by atoms with Gasteiger partial charge in [-0.25, -0.2) is 0 Å². The lowest BCUT2D eigenvalue weighted by molar-refractivity contribution is 0.0440. The van der Waals surface area contributed by atoms with Crippen LogP contribution in [0.3, 0.4) is 0 Å². The number of hydrogen-bond donors (Lipinski definition) is 1. The van der Waals surface area contributed by atoms with Crippen LogP contribution in [-0.4, -0.2) is 42.6 Å². The number of nitrogens with one attached hydrogen (secondary N) is 1. The summed E-state index contributed by atoms with van der Waals surface area (Å²) in [5.74, 6) is 0.909. The van der Waals surface area contributed by atoms with Gasteiger partial charge in [-0.3, -0.25) is 4.79 Å². The van der Waals surface area contributed by atoms with E-state index in [1.54, 1.807) is 0 Å². The first kappa shape index (κ1) is 12.5. The zero-order valence-corrected chi connectivity index (χ0v) is 11.3. The molecule has 0 saturated carbocycles. The van der Waals surface area contributed by atoms with Crippen LogP contribution in [0.15, 0.2) is 24.3 Å². The molecule has 1 aromatic carbocycles. The van der Waals surface area contributed by atoms with E-state index in [9.17, 15) is 4.79 Å². The van der Waals surface area contributed by atoms with Crippen LogP contribution in [0.2, 0.25) is 0 Å². The molecule has 3 saturated heterocycles. The largest absolute Gasteiger partial charge is 0.494 e. The molecule has 19 heavy (non-hydrogen) atoms. The van der Waals surface area contributed by atoms with Crippen LogP contribution in [0.5, 0.6) is 5.75 Å². The Morgan fingerprint density at radius 1 is 1.47 bits per heavy atom. The number of hydrogen-bond acceptors (Lipinski definition) is 3. The van der Waals surface area contributed by atoms with Gasteiger partial charge in [-0.05, 0) is 38.0 Å². The van der Waals surface area contributed by atoms with Crippen molar-refractivity contribution >= 4 is 5.91 Å². The second-order valence-corrected chi connectivity index (χ2v) is 5.25. The first-order chi connectivity index (χ1) is 9.28. The van der Waals surface area contributed by atoms with Crippen molar-refractivity contribution in [2.45, 2.75) is 31.8 Å².